The number of phenols is 1. The number of halogens is 4. The predicted octanol–water partition coefficient (Wildman–Crippen LogP) is 3.45. The van der Waals surface area contributed by atoms with Crippen molar-refractivity contribution in [3.05, 3.63) is 77.1 Å². The van der Waals surface area contributed by atoms with E-state index in [1.54, 1.807) is 0 Å². The number of amides is 1. The van der Waals surface area contributed by atoms with Crippen molar-refractivity contribution < 1.29 is 36.6 Å². The van der Waals surface area contributed by atoms with Crippen molar-refractivity contribution in [2.45, 2.75) is 34.8 Å². The fourth-order valence-electron chi connectivity index (χ4n) is 3.00. The number of carbonyl (C=O) groups excluding carboxylic acids is 1. The first kappa shape index (κ1) is 25.4. The van der Waals surface area contributed by atoms with Gasteiger partial charge in [-0.3, -0.25) is 4.79 Å². The minimum atomic E-state index is -5.23. The van der Waals surface area contributed by atoms with Crippen LogP contribution in [0.4, 0.5) is 13.2 Å². The topological polar surface area (TPSA) is 129 Å². The normalized spacial score (nSPS) is 14.8. The molecule has 180 valence electrons. The van der Waals surface area contributed by atoms with Gasteiger partial charge in [0.2, 0.25) is 9.84 Å². The van der Waals surface area contributed by atoms with Gasteiger partial charge in [0.25, 0.3) is 11.1 Å². The molecule has 1 amide bonds. The summed E-state index contributed by atoms with van der Waals surface area (Å²) in [5, 5.41) is 21.2. The summed E-state index contributed by atoms with van der Waals surface area (Å²) in [6.45, 7) is 0.432. The van der Waals surface area contributed by atoms with Crippen LogP contribution in [0.5, 0.6) is 5.75 Å². The average molecular weight is 516 g/mol. The van der Waals surface area contributed by atoms with Gasteiger partial charge in [-0.2, -0.15) is 13.2 Å². The maximum absolute atomic E-state index is 13.7. The summed E-state index contributed by atoms with van der Waals surface area (Å²) < 4.78 is 66.6. The molecular formula is C21H17ClF3N3O5S. The number of alkyl halides is 3. The first-order chi connectivity index (χ1) is 15.8. The molecule has 0 aliphatic heterocycles. The number of carbonyl (C=O) groups is 1. The molecule has 13 heteroatoms. The molecule has 1 heterocycles. The first-order valence-electron chi connectivity index (χ1n) is 9.46. The Balaban J connectivity index is 2.08. The van der Waals surface area contributed by atoms with Crippen molar-refractivity contribution in [1.82, 2.24) is 15.3 Å². The number of hydrogen-bond acceptors (Lipinski definition) is 7. The number of aromatic hydroxyl groups is 1. The van der Waals surface area contributed by atoms with Crippen molar-refractivity contribution in [1.29, 1.82) is 0 Å². The van der Waals surface area contributed by atoms with E-state index in [2.05, 4.69) is 9.97 Å². The molecule has 0 aliphatic rings. The average Bonchev–Trinajstić information content (AvgIpc) is 2.77. The molecule has 3 rings (SSSR count). The Bertz CT molecular complexity index is 1320. The van der Waals surface area contributed by atoms with E-state index < -0.39 is 60.0 Å². The van der Waals surface area contributed by atoms with E-state index in [0.29, 0.717) is 6.92 Å². The lowest BCUT2D eigenvalue weighted by Gasteiger charge is -2.35. The molecule has 3 N–H and O–H groups in total. The zero-order valence-corrected chi connectivity index (χ0v) is 18.9. The van der Waals surface area contributed by atoms with E-state index in [9.17, 15) is 36.6 Å². The van der Waals surface area contributed by atoms with Gasteiger partial charge >= 0.3 is 6.18 Å². The van der Waals surface area contributed by atoms with E-state index in [1.165, 1.54) is 36.7 Å². The van der Waals surface area contributed by atoms with Crippen molar-refractivity contribution in [3.63, 3.8) is 0 Å². The van der Waals surface area contributed by atoms with E-state index in [-0.39, 0.29) is 5.56 Å². The Morgan fingerprint density at radius 1 is 1.09 bits per heavy atom. The van der Waals surface area contributed by atoms with E-state index >= 15 is 0 Å². The van der Waals surface area contributed by atoms with Gasteiger partial charge in [-0.25, -0.2) is 18.4 Å². The highest BCUT2D eigenvalue weighted by atomic mass is 35.5. The van der Waals surface area contributed by atoms with Crippen molar-refractivity contribution in [2.24, 2.45) is 0 Å². The minimum Gasteiger partial charge on any atom is -0.507 e. The molecule has 3 aromatic rings. The summed E-state index contributed by atoms with van der Waals surface area (Å²) >= 11 is 6.15. The predicted molar refractivity (Wildman–Crippen MR) is 114 cm³/mol. The van der Waals surface area contributed by atoms with Crippen LogP contribution >= 0.6 is 11.6 Å². The number of phenolic OH excluding ortho intramolecular Hbond substituents is 1. The van der Waals surface area contributed by atoms with Gasteiger partial charge in [0.15, 0.2) is 5.60 Å². The number of benzene rings is 2. The molecule has 0 saturated heterocycles. The van der Waals surface area contributed by atoms with Gasteiger partial charge in [-0.15, -0.1) is 0 Å². The largest absolute Gasteiger partial charge is 0.507 e. The van der Waals surface area contributed by atoms with Gasteiger partial charge in [-0.1, -0.05) is 29.8 Å². The summed E-state index contributed by atoms with van der Waals surface area (Å²) in [7, 11) is -4.25. The van der Waals surface area contributed by atoms with E-state index in [1.807, 2.05) is 5.32 Å². The third-order valence-electron chi connectivity index (χ3n) is 4.94. The summed E-state index contributed by atoms with van der Waals surface area (Å²) in [4.78, 5) is 19.5. The van der Waals surface area contributed by atoms with Crippen molar-refractivity contribution >= 4 is 27.3 Å². The number of aromatic nitrogens is 2. The standard InChI is InChI=1S/C21H17ClF3N3O5S/c1-20(31,21(23,24)25)17(28-18(30)14-5-2-3-6-16(14)29)13-8-7-12(11-15(13)22)34(32,33)19-26-9-4-10-27-19/h2-11,17,29,31H,1H3,(H,28,30). The quantitative estimate of drug-likeness (QED) is 0.429. The van der Waals surface area contributed by atoms with Crippen LogP contribution in [0.25, 0.3) is 0 Å². The first-order valence-corrected chi connectivity index (χ1v) is 11.3. The number of aliphatic hydroxyl groups is 1. The van der Waals surface area contributed by atoms with Gasteiger partial charge in [0, 0.05) is 17.4 Å². The SMILES string of the molecule is CC(O)(C(NC(=O)c1ccccc1O)c1ccc(S(=O)(=O)c2ncccn2)cc1Cl)C(F)(F)F. The van der Waals surface area contributed by atoms with E-state index in [4.69, 9.17) is 11.6 Å². The molecule has 0 saturated carbocycles. The zero-order valence-electron chi connectivity index (χ0n) is 17.3. The molecule has 0 fully saturated rings. The Morgan fingerprint density at radius 3 is 2.26 bits per heavy atom. The third-order valence-corrected chi connectivity index (χ3v) is 6.83. The van der Waals surface area contributed by atoms with Gasteiger partial charge in [-0.05, 0) is 42.8 Å². The molecule has 34 heavy (non-hydrogen) atoms. The van der Waals surface area contributed by atoms with Gasteiger partial charge < -0.3 is 15.5 Å². The molecular weight excluding hydrogens is 499 g/mol. The molecule has 2 atom stereocenters. The van der Waals surface area contributed by atoms with Crippen LogP contribution in [0.15, 0.2) is 71.0 Å². The van der Waals surface area contributed by atoms with Crippen LogP contribution in [-0.4, -0.2) is 46.3 Å². The van der Waals surface area contributed by atoms with Crippen LogP contribution in [0.2, 0.25) is 5.02 Å². The number of rotatable bonds is 6. The molecule has 1 aromatic heterocycles. The van der Waals surface area contributed by atoms with E-state index in [0.717, 1.165) is 24.3 Å². The Morgan fingerprint density at radius 2 is 1.71 bits per heavy atom. The highest BCUT2D eigenvalue weighted by Crippen LogP contribution is 2.42. The molecule has 0 radical (unpaired) electrons. The number of sulfone groups is 1. The molecule has 8 nitrogen and oxygen atoms in total. The number of nitrogens with zero attached hydrogens (tertiary/aromatic N) is 2. The summed E-state index contributed by atoms with van der Waals surface area (Å²) in [5.41, 5.74) is -4.29. The number of hydrogen-bond donors (Lipinski definition) is 3. The second-order valence-corrected chi connectivity index (χ2v) is 9.54. The summed E-state index contributed by atoms with van der Waals surface area (Å²) in [6, 6.07) is 7.10. The monoisotopic (exact) mass is 515 g/mol. The van der Waals surface area contributed by atoms with Crippen LogP contribution in [0.1, 0.15) is 28.9 Å². The summed E-state index contributed by atoms with van der Waals surface area (Å²) in [6.07, 6.45) is -2.84. The molecule has 0 bridgehead atoms. The molecule has 0 aliphatic carbocycles. The van der Waals surface area contributed by atoms with Crippen molar-refractivity contribution in [2.75, 3.05) is 0 Å². The maximum Gasteiger partial charge on any atom is 0.419 e. The molecule has 0 spiro atoms. The highest BCUT2D eigenvalue weighted by Gasteiger charge is 2.56. The third kappa shape index (κ3) is 4.83. The van der Waals surface area contributed by atoms with Crippen LogP contribution in [-0.2, 0) is 9.84 Å². The lowest BCUT2D eigenvalue weighted by Crippen LogP contribution is -2.53. The lowest BCUT2D eigenvalue weighted by atomic mass is 9.89. The Labute approximate surface area is 197 Å². The molecule has 2 aromatic carbocycles. The van der Waals surface area contributed by atoms with Gasteiger partial charge in [0.05, 0.1) is 16.5 Å². The second-order valence-electron chi connectivity index (χ2n) is 7.29. The highest BCUT2D eigenvalue weighted by molar-refractivity contribution is 7.91. The van der Waals surface area contributed by atoms with Crippen LogP contribution < -0.4 is 5.32 Å². The van der Waals surface area contributed by atoms with Gasteiger partial charge in [0.1, 0.15) is 5.75 Å². The minimum absolute atomic E-state index is 0.345. The van der Waals surface area contributed by atoms with Crippen molar-refractivity contribution in [3.8, 4) is 5.75 Å². The number of para-hydroxylation sites is 1. The fraction of sp³-hybridized carbons (Fsp3) is 0.190. The maximum atomic E-state index is 13.7. The fourth-order valence-corrected chi connectivity index (χ4v) is 4.48. The Kier molecular flexibility index (Phi) is 6.87. The number of nitrogens with one attached hydrogen (secondary N) is 1. The zero-order chi connectivity index (χ0) is 25.3. The smallest absolute Gasteiger partial charge is 0.419 e. The van der Waals surface area contributed by atoms with Crippen LogP contribution in [0.3, 0.4) is 0 Å². The van der Waals surface area contributed by atoms with Crippen LogP contribution in [0, 0.1) is 0 Å². The summed E-state index contributed by atoms with van der Waals surface area (Å²) in [5.74, 6) is -1.63. The lowest BCUT2D eigenvalue weighted by molar-refractivity contribution is -0.263. The molecule has 2 unspecified atom stereocenters. The Hall–Kier alpha value is -3.22. The second kappa shape index (κ2) is 9.20.